The van der Waals surface area contributed by atoms with Crippen molar-refractivity contribution in [3.8, 4) is 0 Å². The van der Waals surface area contributed by atoms with E-state index in [2.05, 4.69) is 46.3 Å². The van der Waals surface area contributed by atoms with Crippen molar-refractivity contribution in [2.45, 2.75) is 51.6 Å². The number of ether oxygens (including phenoxy) is 1. The molecule has 1 aliphatic rings. The maximum Gasteiger partial charge on any atom is 0.255 e. The van der Waals surface area contributed by atoms with Crippen LogP contribution < -0.4 is 5.32 Å². The Hall–Kier alpha value is -2.55. The Morgan fingerprint density at radius 1 is 1.26 bits per heavy atom. The minimum Gasteiger partial charge on any atom is -0.369 e. The Bertz CT molecular complexity index is 935. The summed E-state index contributed by atoms with van der Waals surface area (Å²) in [6, 6.07) is 0. The third-order valence-electron chi connectivity index (χ3n) is 4.59. The summed E-state index contributed by atoms with van der Waals surface area (Å²) in [4.78, 5) is 13.9. The van der Waals surface area contributed by atoms with E-state index < -0.39 is 0 Å². The summed E-state index contributed by atoms with van der Waals surface area (Å²) in [7, 11) is 1.89. The third-order valence-corrected chi connectivity index (χ3v) is 4.59. The summed E-state index contributed by atoms with van der Waals surface area (Å²) < 4.78 is 12.7. The van der Waals surface area contributed by atoms with Crippen LogP contribution in [0.5, 0.6) is 0 Å². The van der Waals surface area contributed by atoms with E-state index in [1.807, 2.05) is 7.05 Å². The van der Waals surface area contributed by atoms with Gasteiger partial charge in [0.05, 0.1) is 11.6 Å². The average molecular weight is 371 g/mol. The molecule has 0 aliphatic carbocycles. The van der Waals surface area contributed by atoms with E-state index in [9.17, 15) is 0 Å². The molecule has 0 saturated carbocycles. The van der Waals surface area contributed by atoms with E-state index in [0.717, 1.165) is 42.1 Å². The van der Waals surface area contributed by atoms with Gasteiger partial charge in [-0.05, 0) is 12.8 Å². The van der Waals surface area contributed by atoms with Gasteiger partial charge < -0.3 is 14.6 Å². The first-order chi connectivity index (χ1) is 12.9. The molecule has 144 valence electrons. The summed E-state index contributed by atoms with van der Waals surface area (Å²) in [5, 5.41) is 12.7. The zero-order valence-electron chi connectivity index (χ0n) is 16.2. The van der Waals surface area contributed by atoms with Crippen LogP contribution in [0.1, 0.15) is 57.3 Å². The number of hydrogen-bond acceptors (Lipinski definition) is 8. The molecular formula is C18H25N7O2. The monoisotopic (exact) mass is 371 g/mol. The molecule has 27 heavy (non-hydrogen) atoms. The predicted octanol–water partition coefficient (Wildman–Crippen LogP) is 2.55. The van der Waals surface area contributed by atoms with E-state index >= 15 is 0 Å². The van der Waals surface area contributed by atoms with Gasteiger partial charge in [0.15, 0.2) is 11.5 Å². The number of nitrogens with zero attached hydrogens (tertiary/aromatic N) is 6. The highest BCUT2D eigenvalue weighted by molar-refractivity contribution is 5.86. The molecule has 0 spiro atoms. The number of aromatic nitrogens is 6. The standard InChI is InChI=1S/C18H25N7O2/c1-18(2,3)17-22-14(11-10-20-25(4)15(11)23-17)19-8-7-13-21-16(27-24-13)12-6-5-9-26-12/h10,12H,5-9H2,1-4H3,(H,19,22,23)/t12-/m1/s1. The summed E-state index contributed by atoms with van der Waals surface area (Å²) in [6.45, 7) is 7.69. The molecule has 1 fully saturated rings. The number of rotatable bonds is 5. The molecule has 4 heterocycles. The second-order valence-corrected chi connectivity index (χ2v) is 7.88. The molecule has 0 aromatic carbocycles. The number of aryl methyl sites for hydroxylation is 1. The summed E-state index contributed by atoms with van der Waals surface area (Å²) in [6.07, 6.45) is 4.34. The lowest BCUT2D eigenvalue weighted by Crippen LogP contribution is -2.18. The van der Waals surface area contributed by atoms with Crippen molar-refractivity contribution in [1.82, 2.24) is 29.9 Å². The van der Waals surface area contributed by atoms with Gasteiger partial charge in [0.1, 0.15) is 17.7 Å². The molecule has 0 radical (unpaired) electrons. The lowest BCUT2D eigenvalue weighted by atomic mass is 9.95. The topological polar surface area (TPSA) is 104 Å². The van der Waals surface area contributed by atoms with Crippen LogP contribution in [0.25, 0.3) is 11.0 Å². The fourth-order valence-corrected chi connectivity index (χ4v) is 3.06. The third kappa shape index (κ3) is 3.64. The molecule has 1 N–H and O–H groups in total. The summed E-state index contributed by atoms with van der Waals surface area (Å²) in [5.41, 5.74) is 0.663. The Labute approximate surface area is 157 Å². The second kappa shape index (κ2) is 6.88. The van der Waals surface area contributed by atoms with Crippen LogP contribution in [0.3, 0.4) is 0 Å². The lowest BCUT2D eigenvalue weighted by molar-refractivity contribution is 0.0835. The number of nitrogens with one attached hydrogen (secondary N) is 1. The van der Waals surface area contributed by atoms with Crippen molar-refractivity contribution in [3.05, 3.63) is 23.7 Å². The zero-order valence-corrected chi connectivity index (χ0v) is 16.2. The van der Waals surface area contributed by atoms with Crippen LogP contribution in [-0.2, 0) is 23.6 Å². The van der Waals surface area contributed by atoms with Crippen molar-refractivity contribution in [2.24, 2.45) is 7.05 Å². The summed E-state index contributed by atoms with van der Waals surface area (Å²) in [5.74, 6) is 2.80. The molecule has 9 heteroatoms. The van der Waals surface area contributed by atoms with Crippen LogP contribution in [0, 0.1) is 0 Å². The second-order valence-electron chi connectivity index (χ2n) is 7.88. The van der Waals surface area contributed by atoms with Crippen molar-refractivity contribution in [2.75, 3.05) is 18.5 Å². The molecule has 4 rings (SSSR count). The minimum absolute atomic E-state index is 0.0505. The Morgan fingerprint density at radius 2 is 2.11 bits per heavy atom. The van der Waals surface area contributed by atoms with Crippen molar-refractivity contribution in [3.63, 3.8) is 0 Å². The van der Waals surface area contributed by atoms with E-state index in [1.54, 1.807) is 10.9 Å². The van der Waals surface area contributed by atoms with E-state index in [1.165, 1.54) is 0 Å². The van der Waals surface area contributed by atoms with Crippen LogP contribution in [0.4, 0.5) is 5.82 Å². The molecule has 1 saturated heterocycles. The molecule has 0 amide bonds. The van der Waals surface area contributed by atoms with Gasteiger partial charge in [-0.25, -0.2) is 9.97 Å². The molecule has 1 aliphatic heterocycles. The van der Waals surface area contributed by atoms with E-state index in [-0.39, 0.29) is 11.5 Å². The van der Waals surface area contributed by atoms with Gasteiger partial charge in [-0.1, -0.05) is 25.9 Å². The minimum atomic E-state index is -0.154. The highest BCUT2D eigenvalue weighted by Gasteiger charge is 2.24. The largest absolute Gasteiger partial charge is 0.369 e. The van der Waals surface area contributed by atoms with Crippen LogP contribution in [-0.4, -0.2) is 43.0 Å². The molecule has 0 bridgehead atoms. The number of hydrogen-bond donors (Lipinski definition) is 1. The fourth-order valence-electron chi connectivity index (χ4n) is 3.06. The Morgan fingerprint density at radius 3 is 2.85 bits per heavy atom. The molecule has 0 unspecified atom stereocenters. The van der Waals surface area contributed by atoms with Crippen molar-refractivity contribution < 1.29 is 9.26 Å². The smallest absolute Gasteiger partial charge is 0.255 e. The molecule has 1 atom stereocenters. The van der Waals surface area contributed by atoms with E-state index in [0.29, 0.717) is 24.7 Å². The van der Waals surface area contributed by atoms with Crippen molar-refractivity contribution >= 4 is 16.9 Å². The average Bonchev–Trinajstić information content (AvgIpc) is 3.35. The maximum absolute atomic E-state index is 5.58. The number of fused-ring (bicyclic) bond motifs is 1. The molecule has 9 nitrogen and oxygen atoms in total. The lowest BCUT2D eigenvalue weighted by Gasteiger charge is -2.18. The van der Waals surface area contributed by atoms with Crippen LogP contribution >= 0.6 is 0 Å². The molecule has 3 aromatic heterocycles. The first kappa shape index (κ1) is 17.8. The number of anilines is 1. The highest BCUT2D eigenvalue weighted by atomic mass is 16.5. The van der Waals surface area contributed by atoms with Crippen molar-refractivity contribution in [1.29, 1.82) is 0 Å². The highest BCUT2D eigenvalue weighted by Crippen LogP contribution is 2.27. The normalized spacial score (nSPS) is 17.7. The van der Waals surface area contributed by atoms with E-state index in [4.69, 9.17) is 14.2 Å². The maximum atomic E-state index is 5.58. The Kier molecular flexibility index (Phi) is 4.55. The fraction of sp³-hybridized carbons (Fsp3) is 0.611. The first-order valence-corrected chi connectivity index (χ1v) is 9.30. The van der Waals surface area contributed by atoms with Gasteiger partial charge in [-0.2, -0.15) is 10.1 Å². The predicted molar refractivity (Wildman–Crippen MR) is 99.4 cm³/mol. The summed E-state index contributed by atoms with van der Waals surface area (Å²) >= 11 is 0. The molecular weight excluding hydrogens is 346 g/mol. The van der Waals surface area contributed by atoms with Crippen LogP contribution in [0.2, 0.25) is 0 Å². The van der Waals surface area contributed by atoms with Crippen LogP contribution in [0.15, 0.2) is 10.7 Å². The Balaban J connectivity index is 1.48. The molecule has 3 aromatic rings. The SMILES string of the molecule is Cn1ncc2c(NCCc3noc([C@H]4CCCO4)n3)nc(C(C)(C)C)nc21. The van der Waals surface area contributed by atoms with Gasteiger partial charge >= 0.3 is 0 Å². The van der Waals surface area contributed by atoms with Gasteiger partial charge in [0, 0.05) is 32.0 Å². The first-order valence-electron chi connectivity index (χ1n) is 9.30. The van der Waals surface area contributed by atoms with Gasteiger partial charge in [0.2, 0.25) is 0 Å². The van der Waals surface area contributed by atoms with Gasteiger partial charge in [-0.3, -0.25) is 4.68 Å². The van der Waals surface area contributed by atoms with Gasteiger partial charge in [0.25, 0.3) is 5.89 Å². The van der Waals surface area contributed by atoms with Gasteiger partial charge in [-0.15, -0.1) is 0 Å². The zero-order chi connectivity index (χ0) is 19.0. The quantitative estimate of drug-likeness (QED) is 0.730.